The molecule has 152 valence electrons. The summed E-state index contributed by atoms with van der Waals surface area (Å²) in [4.78, 5) is 13.2. The maximum atomic E-state index is 13.2. The Morgan fingerprint density at radius 3 is 2.72 bits per heavy atom. The lowest BCUT2D eigenvalue weighted by Crippen LogP contribution is -2.41. The smallest absolute Gasteiger partial charge is 0.163 e. The summed E-state index contributed by atoms with van der Waals surface area (Å²) in [5, 5.41) is 0. The summed E-state index contributed by atoms with van der Waals surface area (Å²) in [6, 6.07) is 14.7. The summed E-state index contributed by atoms with van der Waals surface area (Å²) in [6.07, 6.45) is 8.25. The molecule has 0 radical (unpaired) electrons. The van der Waals surface area contributed by atoms with Crippen molar-refractivity contribution in [1.29, 1.82) is 0 Å². The normalized spacial score (nSPS) is 30.4. The average Bonchev–Trinajstić information content (AvgIpc) is 3.14. The second-order valence-electron chi connectivity index (χ2n) is 9.76. The standard InChI is InChI=1S/C27H32O2/c1-3-19-14-21-20-11-13-27(2)12-7-10-24(27)22(20)15-25(28)23(21)16-26(19)29-17-18-8-5-4-6-9-18/h4-6,8-9,14,16,20,22,24H,3,7,10-13,15,17H2,1-2H3/t20-,22-,24+,27+/m1/s1. The second kappa shape index (κ2) is 7.31. The molecule has 2 fully saturated rings. The minimum atomic E-state index is 0.338. The van der Waals surface area contributed by atoms with Gasteiger partial charge >= 0.3 is 0 Å². The Morgan fingerprint density at radius 2 is 1.93 bits per heavy atom. The first-order valence-electron chi connectivity index (χ1n) is 11.5. The molecule has 4 atom stereocenters. The van der Waals surface area contributed by atoms with Crippen molar-refractivity contribution in [3.05, 3.63) is 64.7 Å². The van der Waals surface area contributed by atoms with Crippen LogP contribution in [-0.2, 0) is 13.0 Å². The Labute approximate surface area is 174 Å². The summed E-state index contributed by atoms with van der Waals surface area (Å²) in [5.41, 5.74) is 5.14. The molecule has 2 saturated carbocycles. The van der Waals surface area contributed by atoms with Crippen molar-refractivity contribution in [2.45, 2.75) is 71.3 Å². The molecule has 0 aliphatic heterocycles. The van der Waals surface area contributed by atoms with Crippen LogP contribution in [0.1, 0.15) is 85.3 Å². The van der Waals surface area contributed by atoms with Gasteiger partial charge in [-0.2, -0.15) is 0 Å². The minimum Gasteiger partial charge on any atom is -0.489 e. The topological polar surface area (TPSA) is 26.3 Å². The molecule has 0 spiro atoms. The van der Waals surface area contributed by atoms with Crippen molar-refractivity contribution in [2.75, 3.05) is 0 Å². The number of ketones is 1. The molecule has 2 nitrogen and oxygen atoms in total. The molecule has 0 N–H and O–H groups in total. The van der Waals surface area contributed by atoms with Gasteiger partial charge in [0, 0.05) is 12.0 Å². The van der Waals surface area contributed by atoms with E-state index in [2.05, 4.69) is 38.1 Å². The van der Waals surface area contributed by atoms with Crippen LogP contribution < -0.4 is 4.74 Å². The number of carbonyl (C=O) groups excluding carboxylic acids is 1. The molecule has 0 bridgehead atoms. The molecule has 3 aliphatic carbocycles. The summed E-state index contributed by atoms with van der Waals surface area (Å²) in [6.45, 7) is 5.22. The number of ether oxygens (including phenoxy) is 1. The van der Waals surface area contributed by atoms with Crippen LogP contribution in [0.5, 0.6) is 5.75 Å². The predicted molar refractivity (Wildman–Crippen MR) is 116 cm³/mol. The van der Waals surface area contributed by atoms with Crippen molar-refractivity contribution in [2.24, 2.45) is 17.3 Å². The lowest BCUT2D eigenvalue weighted by atomic mass is 9.55. The molecule has 0 saturated heterocycles. The Balaban J connectivity index is 1.47. The Hall–Kier alpha value is -2.09. The zero-order chi connectivity index (χ0) is 20.0. The van der Waals surface area contributed by atoms with Gasteiger partial charge in [-0.1, -0.05) is 56.7 Å². The van der Waals surface area contributed by atoms with Crippen molar-refractivity contribution >= 4 is 5.78 Å². The van der Waals surface area contributed by atoms with E-state index < -0.39 is 0 Å². The maximum absolute atomic E-state index is 13.2. The minimum absolute atomic E-state index is 0.338. The fraction of sp³-hybridized carbons (Fsp3) is 0.519. The van der Waals surface area contributed by atoms with E-state index >= 15 is 0 Å². The molecular weight excluding hydrogens is 356 g/mol. The monoisotopic (exact) mass is 388 g/mol. The number of hydrogen-bond donors (Lipinski definition) is 0. The second-order valence-corrected chi connectivity index (χ2v) is 9.76. The van der Waals surface area contributed by atoms with Crippen molar-refractivity contribution in [3.8, 4) is 5.75 Å². The van der Waals surface area contributed by atoms with E-state index in [9.17, 15) is 4.79 Å². The number of rotatable bonds is 4. The van der Waals surface area contributed by atoms with Gasteiger partial charge in [0.25, 0.3) is 0 Å². The lowest BCUT2D eigenvalue weighted by molar-refractivity contribution is 0.0526. The number of fused-ring (bicyclic) bond motifs is 5. The van der Waals surface area contributed by atoms with Crippen LogP contribution in [0.2, 0.25) is 0 Å². The molecule has 2 aromatic carbocycles. The highest BCUT2D eigenvalue weighted by atomic mass is 16.5. The molecule has 3 aliphatic rings. The Morgan fingerprint density at radius 1 is 1.10 bits per heavy atom. The van der Waals surface area contributed by atoms with E-state index in [1.807, 2.05) is 18.2 Å². The number of Topliss-reactive ketones (excluding diaryl/α,β-unsaturated/α-hetero) is 1. The van der Waals surface area contributed by atoms with Gasteiger partial charge in [-0.25, -0.2) is 0 Å². The Kier molecular flexibility index (Phi) is 4.76. The fourth-order valence-corrected chi connectivity index (χ4v) is 6.61. The zero-order valence-corrected chi connectivity index (χ0v) is 17.7. The number of carbonyl (C=O) groups is 1. The highest BCUT2D eigenvalue weighted by molar-refractivity contribution is 5.99. The first kappa shape index (κ1) is 18.9. The van der Waals surface area contributed by atoms with Gasteiger partial charge in [0.05, 0.1) is 0 Å². The van der Waals surface area contributed by atoms with Crippen LogP contribution in [0.4, 0.5) is 0 Å². The van der Waals surface area contributed by atoms with Crippen LogP contribution in [0.25, 0.3) is 0 Å². The summed E-state index contributed by atoms with van der Waals surface area (Å²) in [7, 11) is 0. The van der Waals surface area contributed by atoms with E-state index in [1.165, 1.54) is 43.2 Å². The predicted octanol–water partition coefficient (Wildman–Crippen LogP) is 6.71. The molecule has 2 aromatic rings. The van der Waals surface area contributed by atoms with E-state index in [1.54, 1.807) is 0 Å². The summed E-state index contributed by atoms with van der Waals surface area (Å²) < 4.78 is 6.20. The number of hydrogen-bond acceptors (Lipinski definition) is 2. The van der Waals surface area contributed by atoms with Crippen LogP contribution >= 0.6 is 0 Å². The van der Waals surface area contributed by atoms with Gasteiger partial charge in [0.2, 0.25) is 0 Å². The third-order valence-corrected chi connectivity index (χ3v) is 8.19. The third kappa shape index (κ3) is 3.21. The van der Waals surface area contributed by atoms with E-state index in [0.29, 0.717) is 29.6 Å². The first-order valence-corrected chi connectivity index (χ1v) is 11.5. The highest BCUT2D eigenvalue weighted by Gasteiger charge is 2.51. The van der Waals surface area contributed by atoms with E-state index in [4.69, 9.17) is 4.74 Å². The molecular formula is C27H32O2. The molecule has 2 heteroatoms. The van der Waals surface area contributed by atoms with Crippen LogP contribution in [0.3, 0.4) is 0 Å². The summed E-state index contributed by atoms with van der Waals surface area (Å²) >= 11 is 0. The molecule has 0 amide bonds. The van der Waals surface area contributed by atoms with E-state index in [0.717, 1.165) is 35.6 Å². The third-order valence-electron chi connectivity index (χ3n) is 8.19. The number of aryl methyl sites for hydroxylation is 1. The first-order chi connectivity index (χ1) is 14.1. The van der Waals surface area contributed by atoms with Crippen LogP contribution in [0, 0.1) is 17.3 Å². The highest BCUT2D eigenvalue weighted by Crippen LogP contribution is 2.61. The lowest BCUT2D eigenvalue weighted by Gasteiger charge is -2.48. The quantitative estimate of drug-likeness (QED) is 0.581. The number of benzene rings is 2. The molecule has 29 heavy (non-hydrogen) atoms. The van der Waals surface area contributed by atoms with Gasteiger partial charge in [-0.15, -0.1) is 0 Å². The van der Waals surface area contributed by atoms with Gasteiger partial charge < -0.3 is 4.74 Å². The zero-order valence-electron chi connectivity index (χ0n) is 17.7. The van der Waals surface area contributed by atoms with Gasteiger partial charge in [-0.3, -0.25) is 4.79 Å². The largest absolute Gasteiger partial charge is 0.489 e. The average molecular weight is 389 g/mol. The van der Waals surface area contributed by atoms with Crippen molar-refractivity contribution < 1.29 is 9.53 Å². The van der Waals surface area contributed by atoms with Crippen LogP contribution in [-0.4, -0.2) is 5.78 Å². The fourth-order valence-electron chi connectivity index (χ4n) is 6.61. The van der Waals surface area contributed by atoms with Gasteiger partial charge in [0.15, 0.2) is 5.78 Å². The van der Waals surface area contributed by atoms with E-state index in [-0.39, 0.29) is 0 Å². The van der Waals surface area contributed by atoms with Gasteiger partial charge in [-0.05, 0) is 78.0 Å². The molecule has 0 aromatic heterocycles. The SMILES string of the molecule is CCc1cc2c(cc1OCc1ccccc1)C(=O)C[C@@H]1[C@@H]2CC[C@]2(C)CCC[C@@H]12. The maximum Gasteiger partial charge on any atom is 0.163 e. The van der Waals surface area contributed by atoms with Crippen LogP contribution in [0.15, 0.2) is 42.5 Å². The van der Waals surface area contributed by atoms with Crippen molar-refractivity contribution in [1.82, 2.24) is 0 Å². The molecule has 0 heterocycles. The molecule has 5 rings (SSSR count). The molecule has 0 unspecified atom stereocenters. The van der Waals surface area contributed by atoms with Gasteiger partial charge in [0.1, 0.15) is 12.4 Å². The van der Waals surface area contributed by atoms with Crippen molar-refractivity contribution in [3.63, 3.8) is 0 Å². The Bertz CT molecular complexity index is 916. The summed E-state index contributed by atoms with van der Waals surface area (Å²) in [5.74, 6) is 3.08.